The first-order valence-electron chi connectivity index (χ1n) is 8.96. The highest BCUT2D eigenvalue weighted by atomic mass is 15.2. The summed E-state index contributed by atoms with van der Waals surface area (Å²) in [5, 5.41) is 0. The van der Waals surface area contributed by atoms with Crippen molar-refractivity contribution in [1.82, 2.24) is 29.5 Å². The average molecular weight is 367 g/mol. The number of hydrogen-bond acceptors (Lipinski definition) is 6. The number of fused-ring (bicyclic) bond motifs is 2. The summed E-state index contributed by atoms with van der Waals surface area (Å²) in [5.74, 6) is 0.370. The minimum Gasteiger partial charge on any atom is -0.382 e. The molecule has 0 bridgehead atoms. The van der Waals surface area contributed by atoms with Crippen LogP contribution < -0.4 is 5.73 Å². The van der Waals surface area contributed by atoms with Gasteiger partial charge in [-0.3, -0.25) is 4.98 Å². The van der Waals surface area contributed by atoms with Gasteiger partial charge in [-0.25, -0.2) is 19.9 Å². The predicted molar refractivity (Wildman–Crippen MR) is 109 cm³/mol. The second kappa shape index (κ2) is 6.38. The lowest BCUT2D eigenvalue weighted by Crippen LogP contribution is -2.10. The van der Waals surface area contributed by atoms with Crippen LogP contribution in [0.15, 0.2) is 67.4 Å². The van der Waals surface area contributed by atoms with Crippen LogP contribution in [-0.2, 0) is 0 Å². The molecule has 5 aromatic rings. The molecule has 0 spiro atoms. The van der Waals surface area contributed by atoms with Crippen molar-refractivity contribution >= 4 is 28.0 Å². The SMILES string of the molecule is CC(c1nc2cccnc2cc1-c1ccccc1)n1cnc2c(N)ncnc21. The highest BCUT2D eigenvalue weighted by Gasteiger charge is 2.20. The van der Waals surface area contributed by atoms with Crippen molar-refractivity contribution in [2.24, 2.45) is 0 Å². The summed E-state index contributed by atoms with van der Waals surface area (Å²) in [6, 6.07) is 16.0. The number of nitrogens with two attached hydrogens (primary N) is 1. The fourth-order valence-electron chi connectivity index (χ4n) is 3.47. The van der Waals surface area contributed by atoms with E-state index in [-0.39, 0.29) is 6.04 Å². The summed E-state index contributed by atoms with van der Waals surface area (Å²) in [7, 11) is 0. The van der Waals surface area contributed by atoms with Gasteiger partial charge in [-0.05, 0) is 30.7 Å². The maximum Gasteiger partial charge on any atom is 0.166 e. The monoisotopic (exact) mass is 367 g/mol. The zero-order chi connectivity index (χ0) is 19.1. The highest BCUT2D eigenvalue weighted by Crippen LogP contribution is 2.32. The van der Waals surface area contributed by atoms with E-state index in [1.165, 1.54) is 6.33 Å². The maximum atomic E-state index is 5.95. The van der Waals surface area contributed by atoms with E-state index in [1.807, 2.05) is 34.9 Å². The third-order valence-electron chi connectivity index (χ3n) is 4.90. The number of pyridine rings is 2. The van der Waals surface area contributed by atoms with Crippen molar-refractivity contribution in [1.29, 1.82) is 0 Å². The van der Waals surface area contributed by atoms with Crippen molar-refractivity contribution < 1.29 is 0 Å². The summed E-state index contributed by atoms with van der Waals surface area (Å²) in [6.07, 6.45) is 4.98. The smallest absolute Gasteiger partial charge is 0.166 e. The fraction of sp³-hybridized carbons (Fsp3) is 0.0952. The van der Waals surface area contributed by atoms with E-state index in [1.54, 1.807) is 12.5 Å². The lowest BCUT2D eigenvalue weighted by molar-refractivity contribution is 0.637. The van der Waals surface area contributed by atoms with E-state index >= 15 is 0 Å². The molecule has 7 heteroatoms. The average Bonchev–Trinajstić information content (AvgIpc) is 3.18. The largest absolute Gasteiger partial charge is 0.382 e. The van der Waals surface area contributed by atoms with E-state index in [0.29, 0.717) is 17.0 Å². The van der Waals surface area contributed by atoms with Crippen LogP contribution in [-0.4, -0.2) is 29.5 Å². The lowest BCUT2D eigenvalue weighted by Gasteiger charge is -2.18. The summed E-state index contributed by atoms with van der Waals surface area (Å²) in [4.78, 5) is 22.2. The van der Waals surface area contributed by atoms with Gasteiger partial charge in [0.1, 0.15) is 11.8 Å². The summed E-state index contributed by atoms with van der Waals surface area (Å²) < 4.78 is 1.98. The molecule has 136 valence electrons. The van der Waals surface area contributed by atoms with Gasteiger partial charge in [0, 0.05) is 11.8 Å². The topological polar surface area (TPSA) is 95.4 Å². The summed E-state index contributed by atoms with van der Waals surface area (Å²) in [5.41, 5.74) is 12.0. The molecular weight excluding hydrogens is 350 g/mol. The Morgan fingerprint density at radius 1 is 0.929 bits per heavy atom. The Morgan fingerprint density at radius 3 is 2.64 bits per heavy atom. The number of hydrogen-bond donors (Lipinski definition) is 1. The molecule has 2 N–H and O–H groups in total. The Hall–Kier alpha value is -3.87. The van der Waals surface area contributed by atoms with E-state index < -0.39 is 0 Å². The van der Waals surface area contributed by atoms with Crippen LogP contribution in [0.1, 0.15) is 18.7 Å². The van der Waals surface area contributed by atoms with Crippen LogP contribution in [0, 0.1) is 0 Å². The van der Waals surface area contributed by atoms with E-state index in [2.05, 4.69) is 45.1 Å². The molecule has 0 saturated heterocycles. The van der Waals surface area contributed by atoms with Crippen LogP contribution in [0.3, 0.4) is 0 Å². The third kappa shape index (κ3) is 2.56. The molecule has 1 aromatic carbocycles. The molecular formula is C21H17N7. The number of rotatable bonds is 3. The van der Waals surface area contributed by atoms with Crippen LogP contribution in [0.2, 0.25) is 0 Å². The van der Waals surface area contributed by atoms with Crippen molar-refractivity contribution in [3.05, 3.63) is 73.1 Å². The van der Waals surface area contributed by atoms with Gasteiger partial charge < -0.3 is 10.3 Å². The first-order valence-corrected chi connectivity index (χ1v) is 8.96. The lowest BCUT2D eigenvalue weighted by atomic mass is 9.99. The minimum atomic E-state index is -0.112. The highest BCUT2D eigenvalue weighted by molar-refractivity contribution is 5.83. The molecule has 0 radical (unpaired) electrons. The summed E-state index contributed by atoms with van der Waals surface area (Å²) in [6.45, 7) is 2.08. The van der Waals surface area contributed by atoms with Gasteiger partial charge in [-0.2, -0.15) is 0 Å². The Kier molecular flexibility index (Phi) is 3.72. The van der Waals surface area contributed by atoms with Gasteiger partial charge in [0.15, 0.2) is 11.5 Å². The quantitative estimate of drug-likeness (QED) is 0.523. The molecule has 0 saturated carbocycles. The zero-order valence-electron chi connectivity index (χ0n) is 15.2. The number of benzene rings is 1. The van der Waals surface area contributed by atoms with Crippen molar-refractivity contribution in [3.63, 3.8) is 0 Å². The van der Waals surface area contributed by atoms with Gasteiger partial charge in [0.05, 0.1) is 29.1 Å². The number of imidazole rings is 1. The molecule has 7 nitrogen and oxygen atoms in total. The van der Waals surface area contributed by atoms with E-state index in [0.717, 1.165) is 27.9 Å². The second-order valence-corrected chi connectivity index (χ2v) is 6.59. The Balaban J connectivity index is 1.75. The van der Waals surface area contributed by atoms with Gasteiger partial charge in [-0.1, -0.05) is 30.3 Å². The van der Waals surface area contributed by atoms with Crippen molar-refractivity contribution in [2.45, 2.75) is 13.0 Å². The molecule has 0 aliphatic rings. The number of aromatic nitrogens is 6. The van der Waals surface area contributed by atoms with Crippen LogP contribution in [0.5, 0.6) is 0 Å². The Bertz CT molecular complexity index is 1290. The van der Waals surface area contributed by atoms with Crippen molar-refractivity contribution in [3.8, 4) is 11.1 Å². The Labute approximate surface area is 160 Å². The van der Waals surface area contributed by atoms with Gasteiger partial charge in [-0.15, -0.1) is 0 Å². The minimum absolute atomic E-state index is 0.112. The number of nitrogens with zero attached hydrogens (tertiary/aromatic N) is 6. The molecule has 28 heavy (non-hydrogen) atoms. The van der Waals surface area contributed by atoms with Crippen LogP contribution >= 0.6 is 0 Å². The predicted octanol–water partition coefficient (Wildman–Crippen LogP) is 3.63. The molecule has 4 heterocycles. The number of nitrogen functional groups attached to an aromatic ring is 1. The Morgan fingerprint density at radius 2 is 1.79 bits per heavy atom. The molecule has 4 aromatic heterocycles. The molecule has 0 aliphatic carbocycles. The van der Waals surface area contributed by atoms with Crippen LogP contribution in [0.25, 0.3) is 33.3 Å². The maximum absolute atomic E-state index is 5.95. The molecule has 1 unspecified atom stereocenters. The zero-order valence-corrected chi connectivity index (χ0v) is 15.2. The molecule has 0 aliphatic heterocycles. The first-order chi connectivity index (χ1) is 13.7. The molecule has 0 fully saturated rings. The van der Waals surface area contributed by atoms with Gasteiger partial charge in [0.2, 0.25) is 0 Å². The van der Waals surface area contributed by atoms with Crippen molar-refractivity contribution in [2.75, 3.05) is 5.73 Å². The number of anilines is 1. The van der Waals surface area contributed by atoms with E-state index in [9.17, 15) is 0 Å². The van der Waals surface area contributed by atoms with Gasteiger partial charge in [0.25, 0.3) is 0 Å². The molecule has 1 atom stereocenters. The fourth-order valence-corrected chi connectivity index (χ4v) is 3.47. The normalized spacial score (nSPS) is 12.5. The van der Waals surface area contributed by atoms with E-state index in [4.69, 9.17) is 10.7 Å². The standard InChI is InChI=1S/C21H17N7/c1-13(28-12-26-19-20(22)24-11-25-21(19)28)18-15(14-6-3-2-4-7-14)10-17-16(27-18)8-5-9-23-17/h2-13H,1H3,(H2,22,24,25). The third-order valence-corrected chi connectivity index (χ3v) is 4.90. The molecule has 5 rings (SSSR count). The molecule has 0 amide bonds. The summed E-state index contributed by atoms with van der Waals surface area (Å²) >= 11 is 0. The van der Waals surface area contributed by atoms with Crippen LogP contribution in [0.4, 0.5) is 5.82 Å². The second-order valence-electron chi connectivity index (χ2n) is 6.59. The van der Waals surface area contributed by atoms with Gasteiger partial charge >= 0.3 is 0 Å². The first kappa shape index (κ1) is 16.3.